The van der Waals surface area contributed by atoms with Gasteiger partial charge in [0.15, 0.2) is 10.7 Å². The van der Waals surface area contributed by atoms with E-state index in [1.165, 1.54) is 6.20 Å². The van der Waals surface area contributed by atoms with E-state index in [4.69, 9.17) is 0 Å². The van der Waals surface area contributed by atoms with Crippen LogP contribution in [0.25, 0.3) is 0 Å². The second kappa shape index (κ2) is 5.32. The van der Waals surface area contributed by atoms with E-state index in [9.17, 15) is 27.7 Å². The monoisotopic (exact) mass is 313 g/mol. The van der Waals surface area contributed by atoms with Gasteiger partial charge in [-0.2, -0.15) is 0 Å². The smallest absolute Gasteiger partial charge is 0.272 e. The molecule has 10 heteroatoms. The van der Waals surface area contributed by atoms with E-state index in [1.807, 2.05) is 4.72 Å². The third-order valence-electron chi connectivity index (χ3n) is 2.49. The minimum atomic E-state index is -4.30. The first kappa shape index (κ1) is 14.7. The number of nitro groups is 1. The Morgan fingerprint density at radius 2 is 2.00 bits per heavy atom. The summed E-state index contributed by atoms with van der Waals surface area (Å²) in [6, 6.07) is 3.42. The molecule has 1 aromatic carbocycles. The van der Waals surface area contributed by atoms with Crippen LogP contribution in [0.5, 0.6) is 0 Å². The van der Waals surface area contributed by atoms with Crippen LogP contribution in [0.1, 0.15) is 0 Å². The summed E-state index contributed by atoms with van der Waals surface area (Å²) in [4.78, 5) is 23.0. The number of H-pyrrole nitrogens is 1. The van der Waals surface area contributed by atoms with Crippen LogP contribution < -0.4 is 10.2 Å². The number of anilines is 1. The molecule has 0 unspecified atom stereocenters. The van der Waals surface area contributed by atoms with Crippen molar-refractivity contribution in [1.82, 2.24) is 4.98 Å². The molecule has 2 aromatic rings. The summed E-state index contributed by atoms with van der Waals surface area (Å²) in [6.07, 6.45) is 2.20. The molecule has 110 valence electrons. The number of non-ortho nitro benzene ring substituents is 1. The van der Waals surface area contributed by atoms with Crippen molar-refractivity contribution in [2.24, 2.45) is 0 Å². The Morgan fingerprint density at radius 1 is 1.29 bits per heavy atom. The van der Waals surface area contributed by atoms with Crippen LogP contribution in [0.15, 0.2) is 46.3 Å². The summed E-state index contributed by atoms with van der Waals surface area (Å²) in [5.74, 6) is -1.12. The molecular formula is C11H8FN3O5S. The van der Waals surface area contributed by atoms with Crippen molar-refractivity contribution < 1.29 is 17.7 Å². The fourth-order valence-corrected chi connectivity index (χ4v) is 2.63. The average Bonchev–Trinajstić information content (AvgIpc) is 2.41. The van der Waals surface area contributed by atoms with E-state index < -0.39 is 42.5 Å². The molecule has 0 fully saturated rings. The molecule has 2 rings (SSSR count). The largest absolute Gasteiger partial charge is 0.366 e. The lowest BCUT2D eigenvalue weighted by Gasteiger charge is -2.08. The first-order valence-electron chi connectivity index (χ1n) is 5.45. The number of hydrogen-bond acceptors (Lipinski definition) is 5. The number of aromatic amines is 1. The van der Waals surface area contributed by atoms with E-state index in [0.29, 0.717) is 6.07 Å². The number of nitrogens with one attached hydrogen (secondary N) is 2. The summed E-state index contributed by atoms with van der Waals surface area (Å²) in [5, 5.41) is 10.5. The third-order valence-corrected chi connectivity index (χ3v) is 3.87. The Morgan fingerprint density at radius 3 is 2.57 bits per heavy atom. The molecule has 0 atom stereocenters. The van der Waals surface area contributed by atoms with E-state index in [-0.39, 0.29) is 0 Å². The second-order valence-electron chi connectivity index (χ2n) is 3.90. The number of nitro benzene ring substituents is 1. The van der Waals surface area contributed by atoms with Crippen LogP contribution in [-0.2, 0) is 10.0 Å². The maximum Gasteiger partial charge on any atom is 0.272 e. The van der Waals surface area contributed by atoms with Gasteiger partial charge >= 0.3 is 0 Å². The van der Waals surface area contributed by atoms with Crippen molar-refractivity contribution in [1.29, 1.82) is 0 Å². The summed E-state index contributed by atoms with van der Waals surface area (Å²) in [6.45, 7) is 0. The van der Waals surface area contributed by atoms with Crippen LogP contribution in [0.3, 0.4) is 0 Å². The van der Waals surface area contributed by atoms with Gasteiger partial charge in [-0.15, -0.1) is 0 Å². The lowest BCUT2D eigenvalue weighted by Crippen LogP contribution is -2.21. The number of halogens is 1. The van der Waals surface area contributed by atoms with Gasteiger partial charge in [-0.05, 0) is 6.07 Å². The molecule has 0 amide bonds. The highest BCUT2D eigenvalue weighted by Crippen LogP contribution is 2.22. The average molecular weight is 313 g/mol. The lowest BCUT2D eigenvalue weighted by atomic mass is 10.3. The predicted molar refractivity (Wildman–Crippen MR) is 70.9 cm³/mol. The van der Waals surface area contributed by atoms with Crippen LogP contribution in [0.4, 0.5) is 15.8 Å². The van der Waals surface area contributed by atoms with Crippen molar-refractivity contribution in [3.63, 3.8) is 0 Å². The zero-order valence-corrected chi connectivity index (χ0v) is 11.1. The molecule has 1 heterocycles. The van der Waals surface area contributed by atoms with E-state index >= 15 is 0 Å². The van der Waals surface area contributed by atoms with E-state index in [0.717, 1.165) is 24.4 Å². The maximum atomic E-state index is 13.6. The topological polar surface area (TPSA) is 122 Å². The molecule has 0 saturated carbocycles. The number of nitrogens with zero attached hydrogens (tertiary/aromatic N) is 1. The molecule has 0 saturated heterocycles. The van der Waals surface area contributed by atoms with Gasteiger partial charge in [0, 0.05) is 24.5 Å². The fourth-order valence-electron chi connectivity index (χ4n) is 1.51. The number of benzene rings is 1. The molecule has 0 aliphatic carbocycles. The molecule has 0 aliphatic heterocycles. The Kier molecular flexibility index (Phi) is 3.72. The van der Waals surface area contributed by atoms with E-state index in [2.05, 4.69) is 4.98 Å². The van der Waals surface area contributed by atoms with E-state index in [1.54, 1.807) is 0 Å². The molecule has 8 nitrogen and oxygen atoms in total. The van der Waals surface area contributed by atoms with Crippen LogP contribution >= 0.6 is 0 Å². The standard InChI is InChI=1S/C11H8FN3O5S/c12-8-5-7(15(17)18)1-2-9(8)14-21(19,20)11-6-13-4-3-10(11)16/h1-6,14H,(H,13,16). The summed E-state index contributed by atoms with van der Waals surface area (Å²) in [5.41, 5.74) is -1.79. The van der Waals surface area contributed by atoms with Gasteiger partial charge in [0.1, 0.15) is 0 Å². The second-order valence-corrected chi connectivity index (χ2v) is 5.55. The number of pyridine rings is 1. The minimum absolute atomic E-state index is 0.496. The zero-order valence-electron chi connectivity index (χ0n) is 10.2. The maximum absolute atomic E-state index is 13.6. The molecule has 21 heavy (non-hydrogen) atoms. The van der Waals surface area contributed by atoms with Crippen molar-refractivity contribution in [3.05, 3.63) is 62.8 Å². The molecule has 0 aliphatic rings. The lowest BCUT2D eigenvalue weighted by molar-refractivity contribution is -0.385. The quantitative estimate of drug-likeness (QED) is 0.649. The van der Waals surface area contributed by atoms with Gasteiger partial charge in [0.05, 0.1) is 16.7 Å². The normalized spacial score (nSPS) is 11.1. The summed E-state index contributed by atoms with van der Waals surface area (Å²) in [7, 11) is -4.30. The number of sulfonamides is 1. The van der Waals surface area contributed by atoms with Gasteiger partial charge in [-0.1, -0.05) is 0 Å². The van der Waals surface area contributed by atoms with Crippen LogP contribution in [-0.4, -0.2) is 18.3 Å². The van der Waals surface area contributed by atoms with Gasteiger partial charge < -0.3 is 4.98 Å². The Labute approximate surface area is 117 Å². The van der Waals surface area contributed by atoms with Crippen molar-refractivity contribution in [2.75, 3.05) is 4.72 Å². The Bertz CT molecular complexity index is 862. The molecule has 2 N–H and O–H groups in total. The molecule has 1 aromatic heterocycles. The minimum Gasteiger partial charge on any atom is -0.366 e. The van der Waals surface area contributed by atoms with Crippen LogP contribution in [0, 0.1) is 15.9 Å². The summed E-state index contributed by atoms with van der Waals surface area (Å²) < 4.78 is 39.4. The fraction of sp³-hybridized carbons (Fsp3) is 0. The highest BCUT2D eigenvalue weighted by Gasteiger charge is 2.20. The molecule has 0 spiro atoms. The predicted octanol–water partition coefficient (Wildman–Crippen LogP) is 1.22. The van der Waals surface area contributed by atoms with Gasteiger partial charge in [0.2, 0.25) is 5.43 Å². The van der Waals surface area contributed by atoms with Gasteiger partial charge in [-0.25, -0.2) is 12.8 Å². The van der Waals surface area contributed by atoms with Crippen molar-refractivity contribution >= 4 is 21.4 Å². The number of hydrogen-bond donors (Lipinski definition) is 2. The highest BCUT2D eigenvalue weighted by molar-refractivity contribution is 7.92. The molecule has 0 radical (unpaired) electrons. The first-order chi connectivity index (χ1) is 9.81. The molecule has 0 bridgehead atoms. The highest BCUT2D eigenvalue weighted by atomic mass is 32.2. The molecular weight excluding hydrogens is 305 g/mol. The van der Waals surface area contributed by atoms with Gasteiger partial charge in [-0.3, -0.25) is 19.6 Å². The SMILES string of the molecule is O=c1cc[nH]cc1S(=O)(=O)Nc1ccc([N+](=O)[O-])cc1F. The van der Waals surface area contributed by atoms with Crippen molar-refractivity contribution in [2.45, 2.75) is 4.90 Å². The number of aromatic nitrogens is 1. The first-order valence-corrected chi connectivity index (χ1v) is 6.93. The van der Waals surface area contributed by atoms with Crippen LogP contribution in [0.2, 0.25) is 0 Å². The van der Waals surface area contributed by atoms with Crippen molar-refractivity contribution in [3.8, 4) is 0 Å². The summed E-state index contributed by atoms with van der Waals surface area (Å²) >= 11 is 0. The Hall–Kier alpha value is -2.75. The number of rotatable bonds is 4. The Balaban J connectivity index is 2.40. The third kappa shape index (κ3) is 3.05. The zero-order chi connectivity index (χ0) is 15.6. The van der Waals surface area contributed by atoms with Gasteiger partial charge in [0.25, 0.3) is 15.7 Å².